The van der Waals surface area contributed by atoms with Gasteiger partial charge < -0.3 is 9.31 Å². The predicted octanol–water partition coefficient (Wildman–Crippen LogP) is 4.60. The molecule has 0 amide bonds. The summed E-state index contributed by atoms with van der Waals surface area (Å²) in [6.07, 6.45) is 1.12. The molecule has 1 aliphatic heterocycles. The van der Waals surface area contributed by atoms with Gasteiger partial charge in [-0.1, -0.05) is 23.7 Å². The van der Waals surface area contributed by atoms with E-state index in [9.17, 15) is 0 Å². The first-order chi connectivity index (χ1) is 9.23. The zero-order valence-corrected chi connectivity index (χ0v) is 13.6. The van der Waals surface area contributed by atoms with E-state index in [2.05, 4.69) is 40.7 Å². The van der Waals surface area contributed by atoms with E-state index in [4.69, 9.17) is 20.9 Å². The van der Waals surface area contributed by atoms with Crippen LogP contribution in [0.15, 0.2) is 18.2 Å². The Hall–Kier alpha value is -0.505. The Morgan fingerprint density at radius 3 is 2.35 bits per heavy atom. The van der Waals surface area contributed by atoms with Gasteiger partial charge in [-0.25, -0.2) is 0 Å². The maximum atomic E-state index is 6.22. The Kier molecular flexibility index (Phi) is 3.24. The van der Waals surface area contributed by atoms with Gasteiger partial charge in [-0.3, -0.25) is 0 Å². The minimum absolute atomic E-state index is 0.0941. The van der Waals surface area contributed by atoms with Crippen LogP contribution in [0.1, 0.15) is 51.2 Å². The normalized spacial score (nSPS) is 30.6. The van der Waals surface area contributed by atoms with Gasteiger partial charge in [0.05, 0.1) is 11.2 Å². The lowest BCUT2D eigenvalue weighted by Gasteiger charge is -2.32. The lowest BCUT2D eigenvalue weighted by atomic mass is 9.79. The minimum atomic E-state index is -0.242. The van der Waals surface area contributed by atoms with Crippen LogP contribution in [-0.4, -0.2) is 18.3 Å². The standard InChI is InChI=1S/C16H22BClO2/c1-10-11(7-6-8-14(10)18)12-9-13(12)17-19-15(2,3)16(4,5)20-17/h6-8,12-13H,9H2,1-5H3. The summed E-state index contributed by atoms with van der Waals surface area (Å²) in [7, 11) is -0.0941. The Morgan fingerprint density at radius 1 is 1.15 bits per heavy atom. The molecule has 2 fully saturated rings. The topological polar surface area (TPSA) is 18.5 Å². The molecule has 20 heavy (non-hydrogen) atoms. The van der Waals surface area contributed by atoms with Gasteiger partial charge in [0.1, 0.15) is 0 Å². The second-order valence-electron chi connectivity index (χ2n) is 7.08. The van der Waals surface area contributed by atoms with Crippen molar-refractivity contribution >= 4 is 18.7 Å². The third-order valence-electron chi connectivity index (χ3n) is 5.17. The summed E-state index contributed by atoms with van der Waals surface area (Å²) in [6.45, 7) is 10.5. The molecule has 1 aromatic carbocycles. The molecule has 0 aromatic heterocycles. The molecule has 2 aliphatic rings. The van der Waals surface area contributed by atoms with E-state index in [1.165, 1.54) is 11.1 Å². The Labute approximate surface area is 126 Å². The quantitative estimate of drug-likeness (QED) is 0.742. The molecule has 0 bridgehead atoms. The second kappa shape index (κ2) is 4.49. The summed E-state index contributed by atoms with van der Waals surface area (Å²) >= 11 is 6.22. The Morgan fingerprint density at radius 2 is 1.75 bits per heavy atom. The fourth-order valence-electron chi connectivity index (χ4n) is 2.96. The fraction of sp³-hybridized carbons (Fsp3) is 0.625. The first-order valence-electron chi connectivity index (χ1n) is 7.33. The molecule has 108 valence electrons. The lowest BCUT2D eigenvalue weighted by molar-refractivity contribution is 0.00578. The molecule has 4 heteroatoms. The molecular weight excluding hydrogens is 270 g/mol. The van der Waals surface area contributed by atoms with Crippen LogP contribution in [0.4, 0.5) is 0 Å². The van der Waals surface area contributed by atoms with E-state index < -0.39 is 0 Å². The van der Waals surface area contributed by atoms with Crippen molar-refractivity contribution in [2.45, 2.75) is 64.0 Å². The SMILES string of the molecule is Cc1c(Cl)cccc1C1CC1B1OC(C)(C)C(C)(C)O1. The van der Waals surface area contributed by atoms with Crippen LogP contribution in [0.5, 0.6) is 0 Å². The van der Waals surface area contributed by atoms with Gasteiger partial charge in [0, 0.05) is 10.8 Å². The van der Waals surface area contributed by atoms with Crippen LogP contribution in [0.3, 0.4) is 0 Å². The molecule has 1 saturated carbocycles. The monoisotopic (exact) mass is 292 g/mol. The maximum Gasteiger partial charge on any atom is 0.461 e. The van der Waals surface area contributed by atoms with Gasteiger partial charge in [-0.05, 0) is 64.2 Å². The molecule has 0 spiro atoms. The largest absolute Gasteiger partial charge is 0.461 e. The number of hydrogen-bond donors (Lipinski definition) is 0. The van der Waals surface area contributed by atoms with Crippen molar-refractivity contribution < 1.29 is 9.31 Å². The minimum Gasteiger partial charge on any atom is -0.403 e. The van der Waals surface area contributed by atoms with E-state index >= 15 is 0 Å². The van der Waals surface area contributed by atoms with Gasteiger partial charge >= 0.3 is 7.12 Å². The summed E-state index contributed by atoms with van der Waals surface area (Å²) in [4.78, 5) is 0. The molecule has 1 saturated heterocycles. The third-order valence-corrected chi connectivity index (χ3v) is 5.58. The summed E-state index contributed by atoms with van der Waals surface area (Å²) < 4.78 is 12.3. The number of rotatable bonds is 2. The van der Waals surface area contributed by atoms with Gasteiger partial charge in [-0.15, -0.1) is 0 Å². The Bertz CT molecular complexity index is 525. The van der Waals surface area contributed by atoms with Crippen LogP contribution in [0, 0.1) is 6.92 Å². The first kappa shape index (κ1) is 14.4. The van der Waals surface area contributed by atoms with Crippen LogP contribution in [0.2, 0.25) is 10.8 Å². The van der Waals surface area contributed by atoms with E-state index in [-0.39, 0.29) is 18.3 Å². The van der Waals surface area contributed by atoms with Crippen LogP contribution < -0.4 is 0 Å². The lowest BCUT2D eigenvalue weighted by Crippen LogP contribution is -2.41. The number of hydrogen-bond acceptors (Lipinski definition) is 2. The number of halogens is 1. The molecule has 3 rings (SSSR count). The molecule has 2 atom stereocenters. The number of benzene rings is 1. The average molecular weight is 293 g/mol. The van der Waals surface area contributed by atoms with Crippen molar-refractivity contribution in [1.29, 1.82) is 0 Å². The van der Waals surface area contributed by atoms with Crippen molar-refractivity contribution in [2.75, 3.05) is 0 Å². The van der Waals surface area contributed by atoms with Gasteiger partial charge in [0.15, 0.2) is 0 Å². The van der Waals surface area contributed by atoms with Gasteiger partial charge in [-0.2, -0.15) is 0 Å². The third kappa shape index (κ3) is 2.20. The van der Waals surface area contributed by atoms with Crippen molar-refractivity contribution in [3.63, 3.8) is 0 Å². The Balaban J connectivity index is 1.76. The molecular formula is C16H22BClO2. The molecule has 2 unspecified atom stereocenters. The molecule has 0 N–H and O–H groups in total. The summed E-state index contributed by atoms with van der Waals surface area (Å²) in [5, 5.41) is 0.849. The average Bonchev–Trinajstić information content (AvgIpc) is 3.07. The molecule has 1 heterocycles. The zero-order valence-electron chi connectivity index (χ0n) is 12.9. The summed E-state index contributed by atoms with van der Waals surface area (Å²) in [5.74, 6) is 0.969. The highest BCUT2D eigenvalue weighted by atomic mass is 35.5. The fourth-order valence-corrected chi connectivity index (χ4v) is 3.14. The predicted molar refractivity (Wildman–Crippen MR) is 83.4 cm³/mol. The smallest absolute Gasteiger partial charge is 0.403 e. The van der Waals surface area contributed by atoms with E-state index in [1.54, 1.807) is 0 Å². The van der Waals surface area contributed by atoms with Crippen LogP contribution >= 0.6 is 11.6 Å². The zero-order chi connectivity index (χ0) is 14.7. The summed E-state index contributed by atoms with van der Waals surface area (Å²) in [6, 6.07) is 6.16. The van der Waals surface area contributed by atoms with Crippen molar-refractivity contribution in [2.24, 2.45) is 0 Å². The van der Waals surface area contributed by atoms with E-state index in [0.29, 0.717) is 11.7 Å². The maximum absolute atomic E-state index is 6.22. The molecule has 2 nitrogen and oxygen atoms in total. The van der Waals surface area contributed by atoms with Crippen molar-refractivity contribution in [3.8, 4) is 0 Å². The molecule has 1 aliphatic carbocycles. The first-order valence-corrected chi connectivity index (χ1v) is 7.71. The molecule has 1 aromatic rings. The van der Waals surface area contributed by atoms with Crippen molar-refractivity contribution in [1.82, 2.24) is 0 Å². The summed E-state index contributed by atoms with van der Waals surface area (Å²) in [5.41, 5.74) is 2.05. The van der Waals surface area contributed by atoms with Crippen LogP contribution in [-0.2, 0) is 9.31 Å². The van der Waals surface area contributed by atoms with Gasteiger partial charge in [0.25, 0.3) is 0 Å². The molecule has 0 radical (unpaired) electrons. The highest BCUT2D eigenvalue weighted by Gasteiger charge is 2.60. The van der Waals surface area contributed by atoms with Crippen molar-refractivity contribution in [3.05, 3.63) is 34.3 Å². The highest BCUT2D eigenvalue weighted by molar-refractivity contribution is 6.49. The van der Waals surface area contributed by atoms with Crippen LogP contribution in [0.25, 0.3) is 0 Å². The van der Waals surface area contributed by atoms with Gasteiger partial charge in [0.2, 0.25) is 0 Å². The van der Waals surface area contributed by atoms with E-state index in [1.807, 2.05) is 12.1 Å². The van der Waals surface area contributed by atoms with E-state index in [0.717, 1.165) is 11.4 Å². The second-order valence-corrected chi connectivity index (χ2v) is 7.49. The highest BCUT2D eigenvalue weighted by Crippen LogP contribution is 2.59.